The summed E-state index contributed by atoms with van der Waals surface area (Å²) in [5.74, 6) is 1.77. The fraction of sp³-hybridized carbons (Fsp3) is 0.200. The van der Waals surface area contributed by atoms with Gasteiger partial charge >= 0.3 is 0 Å². The molecule has 0 spiro atoms. The molecule has 7 aromatic rings. The van der Waals surface area contributed by atoms with Crippen molar-refractivity contribution < 1.29 is 0 Å². The molecular formula is C35H29N5. The minimum absolute atomic E-state index is 0.334. The lowest BCUT2D eigenvalue weighted by Crippen LogP contribution is -2.06. The standard InChI is InChI=1S/C35H29N5/c1-18(2)31-15-28-23-11-9-20(14-27(23)29-16-36-37-17-30(29)32(28)38-31)21-10-12-25-26(13-21)22-7-5-6-8-24(22)33-34(25)40-35(39-33)19(3)4/h5-14,16-19H,15H2,1-4H3,(H,39,40). The number of hydrogen-bond donors (Lipinski definition) is 1. The molecule has 0 bridgehead atoms. The lowest BCUT2D eigenvalue weighted by Gasteiger charge is -2.13. The van der Waals surface area contributed by atoms with E-state index < -0.39 is 0 Å². The Balaban J connectivity index is 1.37. The van der Waals surface area contributed by atoms with E-state index >= 15 is 0 Å². The fourth-order valence-electron chi connectivity index (χ4n) is 6.37. The van der Waals surface area contributed by atoms with Crippen molar-refractivity contribution in [2.45, 2.75) is 40.0 Å². The van der Waals surface area contributed by atoms with Gasteiger partial charge in [0.25, 0.3) is 0 Å². The van der Waals surface area contributed by atoms with Crippen molar-refractivity contribution in [2.24, 2.45) is 10.9 Å². The third-order valence-corrected chi connectivity index (χ3v) is 8.55. The van der Waals surface area contributed by atoms with Crippen molar-refractivity contribution in [2.75, 3.05) is 0 Å². The van der Waals surface area contributed by atoms with Gasteiger partial charge in [-0.1, -0.05) is 76.2 Å². The first kappa shape index (κ1) is 23.3. The van der Waals surface area contributed by atoms with Gasteiger partial charge in [-0.3, -0.25) is 4.99 Å². The number of aromatic nitrogens is 4. The molecule has 0 aliphatic carbocycles. The van der Waals surface area contributed by atoms with Gasteiger partial charge in [-0.25, -0.2) is 4.98 Å². The molecule has 2 aromatic heterocycles. The van der Waals surface area contributed by atoms with Gasteiger partial charge in [-0.2, -0.15) is 10.2 Å². The molecule has 40 heavy (non-hydrogen) atoms. The Bertz CT molecular complexity index is 2200. The van der Waals surface area contributed by atoms with Crippen LogP contribution in [0.2, 0.25) is 0 Å². The van der Waals surface area contributed by atoms with Crippen LogP contribution in [0.25, 0.3) is 65.3 Å². The number of H-pyrrole nitrogens is 1. The summed E-state index contributed by atoms with van der Waals surface area (Å²) >= 11 is 0. The molecule has 5 heteroatoms. The van der Waals surface area contributed by atoms with Gasteiger partial charge in [0.15, 0.2) is 0 Å². The summed E-state index contributed by atoms with van der Waals surface area (Å²) < 4.78 is 0. The van der Waals surface area contributed by atoms with Gasteiger partial charge in [0.1, 0.15) is 5.82 Å². The molecule has 1 aliphatic rings. The Morgan fingerprint density at radius 2 is 1.32 bits per heavy atom. The Morgan fingerprint density at radius 3 is 2.05 bits per heavy atom. The van der Waals surface area contributed by atoms with Crippen molar-refractivity contribution in [3.63, 3.8) is 0 Å². The van der Waals surface area contributed by atoms with Crippen molar-refractivity contribution in [3.05, 3.63) is 84.4 Å². The van der Waals surface area contributed by atoms with E-state index in [9.17, 15) is 0 Å². The lowest BCUT2D eigenvalue weighted by atomic mass is 9.91. The van der Waals surface area contributed by atoms with Crippen LogP contribution >= 0.6 is 0 Å². The first-order valence-corrected chi connectivity index (χ1v) is 14.1. The predicted octanol–water partition coefficient (Wildman–Crippen LogP) is 9.04. The highest BCUT2D eigenvalue weighted by Crippen LogP contribution is 2.44. The van der Waals surface area contributed by atoms with Crippen LogP contribution in [0, 0.1) is 5.92 Å². The molecule has 0 saturated carbocycles. The molecule has 0 saturated heterocycles. The molecule has 0 atom stereocenters. The van der Waals surface area contributed by atoms with E-state index in [1.807, 2.05) is 12.4 Å². The smallest absolute Gasteiger partial charge is 0.109 e. The Labute approximate surface area is 232 Å². The number of benzene rings is 5. The van der Waals surface area contributed by atoms with E-state index in [2.05, 4.69) is 104 Å². The number of hydrogen-bond acceptors (Lipinski definition) is 4. The number of fused-ring (bicyclic) bond motifs is 12. The number of rotatable bonds is 3. The summed E-state index contributed by atoms with van der Waals surface area (Å²) in [5, 5.41) is 18.0. The summed E-state index contributed by atoms with van der Waals surface area (Å²) in [7, 11) is 0. The molecule has 8 rings (SSSR count). The summed E-state index contributed by atoms with van der Waals surface area (Å²) in [4.78, 5) is 13.7. The average molecular weight is 520 g/mol. The zero-order valence-corrected chi connectivity index (χ0v) is 23.1. The van der Waals surface area contributed by atoms with Crippen LogP contribution in [0.15, 0.2) is 78.0 Å². The quantitative estimate of drug-likeness (QED) is 0.237. The van der Waals surface area contributed by atoms with Crippen LogP contribution < -0.4 is 0 Å². The molecule has 0 amide bonds. The second kappa shape index (κ2) is 8.43. The largest absolute Gasteiger partial charge is 0.341 e. The first-order valence-electron chi connectivity index (χ1n) is 14.1. The zero-order valence-electron chi connectivity index (χ0n) is 23.1. The van der Waals surface area contributed by atoms with Crippen LogP contribution in [0.3, 0.4) is 0 Å². The van der Waals surface area contributed by atoms with Gasteiger partial charge in [0, 0.05) is 39.6 Å². The minimum atomic E-state index is 0.334. The van der Waals surface area contributed by atoms with Gasteiger partial charge < -0.3 is 4.98 Å². The van der Waals surface area contributed by atoms with Crippen molar-refractivity contribution >= 4 is 65.5 Å². The van der Waals surface area contributed by atoms with E-state index in [1.54, 1.807) is 0 Å². The Morgan fingerprint density at radius 1 is 0.650 bits per heavy atom. The van der Waals surface area contributed by atoms with Gasteiger partial charge in [-0.05, 0) is 56.3 Å². The highest BCUT2D eigenvalue weighted by atomic mass is 15.1. The van der Waals surface area contributed by atoms with E-state index in [1.165, 1.54) is 54.7 Å². The third kappa shape index (κ3) is 3.27. The van der Waals surface area contributed by atoms with E-state index in [0.717, 1.165) is 39.7 Å². The molecule has 194 valence electrons. The molecule has 5 aromatic carbocycles. The van der Waals surface area contributed by atoms with Crippen LogP contribution in [0.1, 0.15) is 45.0 Å². The SMILES string of the molecule is CC(C)C1=Nc2c(c3ccc(-c4ccc5c(c4)c4ccccc4c4nc(C(C)C)[nH]c54)cc3c3cnncc23)C1. The highest BCUT2D eigenvalue weighted by Gasteiger charge is 2.23. The van der Waals surface area contributed by atoms with Crippen LogP contribution in [0.5, 0.6) is 0 Å². The summed E-state index contributed by atoms with van der Waals surface area (Å²) in [6.45, 7) is 8.80. The number of nitrogens with zero attached hydrogens (tertiary/aromatic N) is 4. The molecule has 1 aliphatic heterocycles. The summed E-state index contributed by atoms with van der Waals surface area (Å²) in [6.07, 6.45) is 4.65. The maximum atomic E-state index is 5.05. The van der Waals surface area contributed by atoms with E-state index in [0.29, 0.717) is 11.8 Å². The molecule has 3 heterocycles. The van der Waals surface area contributed by atoms with Crippen LogP contribution in [-0.2, 0) is 6.42 Å². The number of aromatic amines is 1. The van der Waals surface area contributed by atoms with E-state index in [4.69, 9.17) is 9.98 Å². The molecular weight excluding hydrogens is 490 g/mol. The van der Waals surface area contributed by atoms with Crippen molar-refractivity contribution in [3.8, 4) is 11.1 Å². The molecule has 0 fully saturated rings. The summed E-state index contributed by atoms with van der Waals surface area (Å²) in [5.41, 5.74) is 8.15. The number of imidazole rings is 1. The van der Waals surface area contributed by atoms with Crippen LogP contribution in [0.4, 0.5) is 5.69 Å². The maximum absolute atomic E-state index is 5.05. The zero-order chi connectivity index (χ0) is 27.1. The Hall–Kier alpha value is -4.64. The van der Waals surface area contributed by atoms with Gasteiger partial charge in [-0.15, -0.1) is 0 Å². The topological polar surface area (TPSA) is 66.8 Å². The third-order valence-electron chi connectivity index (χ3n) is 8.55. The number of nitrogens with one attached hydrogen (secondary N) is 1. The Kier molecular flexibility index (Phi) is 4.90. The molecule has 5 nitrogen and oxygen atoms in total. The average Bonchev–Trinajstić information content (AvgIpc) is 3.64. The normalized spacial score (nSPS) is 13.5. The van der Waals surface area contributed by atoms with Gasteiger partial charge in [0.2, 0.25) is 0 Å². The highest BCUT2D eigenvalue weighted by molar-refractivity contribution is 6.24. The minimum Gasteiger partial charge on any atom is -0.341 e. The lowest BCUT2D eigenvalue weighted by molar-refractivity contribution is 0.799. The first-order chi connectivity index (χ1) is 19.5. The van der Waals surface area contributed by atoms with E-state index in [-0.39, 0.29) is 0 Å². The number of aliphatic imine (C=N–C) groups is 1. The second-order valence-corrected chi connectivity index (χ2v) is 11.6. The fourth-order valence-corrected chi connectivity index (χ4v) is 6.37. The van der Waals surface area contributed by atoms with Gasteiger partial charge in [0.05, 0.1) is 29.1 Å². The molecule has 0 unspecified atom stereocenters. The molecule has 1 N–H and O–H groups in total. The predicted molar refractivity (Wildman–Crippen MR) is 167 cm³/mol. The second-order valence-electron chi connectivity index (χ2n) is 11.6. The maximum Gasteiger partial charge on any atom is 0.109 e. The molecule has 0 radical (unpaired) electrons. The van der Waals surface area contributed by atoms with Crippen molar-refractivity contribution in [1.82, 2.24) is 20.2 Å². The van der Waals surface area contributed by atoms with Crippen LogP contribution in [-0.4, -0.2) is 25.9 Å². The monoisotopic (exact) mass is 519 g/mol. The van der Waals surface area contributed by atoms with Crippen molar-refractivity contribution in [1.29, 1.82) is 0 Å². The summed E-state index contributed by atoms with van der Waals surface area (Å²) in [6, 6.07) is 22.3.